The predicted molar refractivity (Wildman–Crippen MR) is 77.6 cm³/mol. The molecule has 18 heavy (non-hydrogen) atoms. The number of hydrogen-bond donors (Lipinski definition) is 0. The molecule has 0 aromatic heterocycles. The number of carbonyl (C=O) groups excluding carboxylic acids is 1. The first-order valence-electron chi connectivity index (χ1n) is 5.85. The summed E-state index contributed by atoms with van der Waals surface area (Å²) in [4.78, 5) is 10.6. The molecular weight excluding hydrogens is 236 g/mol. The van der Waals surface area contributed by atoms with Crippen molar-refractivity contribution < 1.29 is 4.79 Å². The van der Waals surface area contributed by atoms with Crippen molar-refractivity contribution in [3.63, 3.8) is 0 Å². The fraction of sp³-hybridized carbons (Fsp3) is 0.0625. The van der Waals surface area contributed by atoms with Crippen LogP contribution in [0.25, 0.3) is 0 Å². The van der Waals surface area contributed by atoms with Gasteiger partial charge in [0.1, 0.15) is 0 Å². The molecule has 0 aliphatic carbocycles. The molecular formula is C16H14OSi. The molecule has 0 aliphatic rings. The van der Waals surface area contributed by atoms with E-state index in [0.29, 0.717) is 6.29 Å². The summed E-state index contributed by atoms with van der Waals surface area (Å²) in [6, 6.07) is 20.5. The van der Waals surface area contributed by atoms with Crippen molar-refractivity contribution in [1.29, 1.82) is 0 Å². The first-order chi connectivity index (χ1) is 8.77. The average Bonchev–Trinajstić information content (AvgIpc) is 2.46. The standard InChI is InChI=1S/C16H14OSi/c1-18(14-8-13-17,15-9-4-2-5-10-15)16-11-6-3-7-12-16/h2-7,9-13H,1H3. The van der Waals surface area contributed by atoms with E-state index in [1.165, 1.54) is 10.4 Å². The number of hydrogen-bond acceptors (Lipinski definition) is 1. The van der Waals surface area contributed by atoms with Gasteiger partial charge in [-0.25, -0.2) is 0 Å². The molecule has 0 aliphatic heterocycles. The van der Waals surface area contributed by atoms with Crippen LogP contribution >= 0.6 is 0 Å². The lowest BCUT2D eigenvalue weighted by Gasteiger charge is -2.22. The van der Waals surface area contributed by atoms with Crippen LogP contribution in [0.15, 0.2) is 60.7 Å². The highest BCUT2D eigenvalue weighted by Crippen LogP contribution is 2.04. The lowest BCUT2D eigenvalue weighted by atomic mass is 10.4. The van der Waals surface area contributed by atoms with Crippen LogP contribution in [0, 0.1) is 11.5 Å². The second-order valence-electron chi connectivity index (χ2n) is 4.24. The highest BCUT2D eigenvalue weighted by Gasteiger charge is 2.29. The van der Waals surface area contributed by atoms with Crippen molar-refractivity contribution in [2.75, 3.05) is 0 Å². The minimum Gasteiger partial charge on any atom is -0.289 e. The van der Waals surface area contributed by atoms with Crippen molar-refractivity contribution in [1.82, 2.24) is 0 Å². The third-order valence-electron chi connectivity index (χ3n) is 3.08. The van der Waals surface area contributed by atoms with E-state index in [-0.39, 0.29) is 0 Å². The molecule has 0 saturated carbocycles. The van der Waals surface area contributed by atoms with Crippen LogP contribution in [0.5, 0.6) is 0 Å². The van der Waals surface area contributed by atoms with Crippen LogP contribution in [-0.4, -0.2) is 14.4 Å². The molecule has 0 heterocycles. The first kappa shape index (κ1) is 12.3. The molecule has 2 heteroatoms. The van der Waals surface area contributed by atoms with E-state index in [0.717, 1.165) is 0 Å². The van der Waals surface area contributed by atoms with Crippen LogP contribution < -0.4 is 10.4 Å². The Bertz CT molecular complexity index is 539. The monoisotopic (exact) mass is 250 g/mol. The third-order valence-corrected chi connectivity index (χ3v) is 6.70. The summed E-state index contributed by atoms with van der Waals surface area (Å²) in [5.41, 5.74) is 3.20. The molecule has 2 rings (SSSR count). The Morgan fingerprint density at radius 2 is 1.33 bits per heavy atom. The van der Waals surface area contributed by atoms with E-state index in [2.05, 4.69) is 42.3 Å². The fourth-order valence-electron chi connectivity index (χ4n) is 2.03. The Morgan fingerprint density at radius 1 is 0.889 bits per heavy atom. The quantitative estimate of drug-likeness (QED) is 0.450. The maximum absolute atomic E-state index is 10.6. The zero-order valence-corrected chi connectivity index (χ0v) is 11.3. The topological polar surface area (TPSA) is 17.1 Å². The number of benzene rings is 2. The SMILES string of the molecule is C[Si](C#CC=O)(c1ccccc1)c1ccccc1. The van der Waals surface area contributed by atoms with E-state index >= 15 is 0 Å². The van der Waals surface area contributed by atoms with Crippen molar-refractivity contribution in [2.24, 2.45) is 0 Å². The largest absolute Gasteiger partial charge is 0.289 e. The van der Waals surface area contributed by atoms with Crippen LogP contribution in [0.2, 0.25) is 6.55 Å². The summed E-state index contributed by atoms with van der Waals surface area (Å²) in [5, 5.41) is 2.45. The lowest BCUT2D eigenvalue weighted by molar-refractivity contribution is -0.103. The van der Waals surface area contributed by atoms with Crippen molar-refractivity contribution >= 4 is 24.7 Å². The average molecular weight is 250 g/mol. The molecule has 0 fully saturated rings. The number of carbonyl (C=O) groups is 1. The third kappa shape index (κ3) is 2.42. The highest BCUT2D eigenvalue weighted by atomic mass is 28.3. The summed E-state index contributed by atoms with van der Waals surface area (Å²) >= 11 is 0. The van der Waals surface area contributed by atoms with E-state index in [9.17, 15) is 4.79 Å². The summed E-state index contributed by atoms with van der Waals surface area (Å²) < 4.78 is 0. The minimum atomic E-state index is -2.11. The summed E-state index contributed by atoms with van der Waals surface area (Å²) in [6.07, 6.45) is 0.678. The highest BCUT2D eigenvalue weighted by molar-refractivity contribution is 7.07. The molecule has 0 bridgehead atoms. The molecule has 0 N–H and O–H groups in total. The Kier molecular flexibility index (Phi) is 3.76. The predicted octanol–water partition coefficient (Wildman–Crippen LogP) is 1.62. The van der Waals surface area contributed by atoms with Gasteiger partial charge in [0.15, 0.2) is 14.4 Å². The van der Waals surface area contributed by atoms with Gasteiger partial charge in [-0.05, 0) is 16.3 Å². The van der Waals surface area contributed by atoms with Gasteiger partial charge in [-0.2, -0.15) is 0 Å². The zero-order chi connectivity index (χ0) is 12.8. The molecule has 0 radical (unpaired) electrons. The van der Waals surface area contributed by atoms with Crippen LogP contribution in [-0.2, 0) is 4.79 Å². The maximum atomic E-state index is 10.6. The van der Waals surface area contributed by atoms with Gasteiger partial charge in [0.05, 0.1) is 0 Å². The first-order valence-corrected chi connectivity index (χ1v) is 8.35. The Hall–Kier alpha value is -2.11. The summed E-state index contributed by atoms with van der Waals surface area (Å²) in [5.74, 6) is 2.62. The molecule has 0 atom stereocenters. The van der Waals surface area contributed by atoms with Gasteiger partial charge in [0.25, 0.3) is 0 Å². The Balaban J connectivity index is 2.58. The summed E-state index contributed by atoms with van der Waals surface area (Å²) in [7, 11) is -2.11. The second kappa shape index (κ2) is 5.48. The van der Waals surface area contributed by atoms with E-state index in [4.69, 9.17) is 0 Å². The van der Waals surface area contributed by atoms with Crippen molar-refractivity contribution in [3.05, 3.63) is 60.7 Å². The van der Waals surface area contributed by atoms with Gasteiger partial charge < -0.3 is 0 Å². The molecule has 2 aromatic rings. The van der Waals surface area contributed by atoms with Gasteiger partial charge in [0, 0.05) is 0 Å². The molecule has 88 valence electrons. The molecule has 2 aromatic carbocycles. The van der Waals surface area contributed by atoms with Gasteiger partial charge >= 0.3 is 0 Å². The molecule has 0 saturated heterocycles. The number of rotatable bonds is 2. The molecule has 0 unspecified atom stereocenters. The Labute approximate surface area is 108 Å². The molecule has 1 nitrogen and oxygen atoms in total. The Morgan fingerprint density at radius 3 is 1.72 bits per heavy atom. The van der Waals surface area contributed by atoms with Crippen molar-refractivity contribution in [2.45, 2.75) is 6.55 Å². The van der Waals surface area contributed by atoms with Gasteiger partial charge in [-0.15, -0.1) is 5.54 Å². The number of aldehydes is 1. The molecule has 0 amide bonds. The fourth-order valence-corrected chi connectivity index (χ4v) is 4.72. The lowest BCUT2D eigenvalue weighted by Crippen LogP contribution is -2.54. The van der Waals surface area contributed by atoms with Gasteiger partial charge in [0.2, 0.25) is 0 Å². The van der Waals surface area contributed by atoms with Crippen LogP contribution in [0.3, 0.4) is 0 Å². The van der Waals surface area contributed by atoms with E-state index in [1.807, 2.05) is 36.4 Å². The van der Waals surface area contributed by atoms with Crippen LogP contribution in [0.1, 0.15) is 0 Å². The van der Waals surface area contributed by atoms with Crippen LogP contribution in [0.4, 0.5) is 0 Å². The minimum absolute atomic E-state index is 0.678. The van der Waals surface area contributed by atoms with E-state index < -0.39 is 8.07 Å². The normalized spacial score (nSPS) is 10.3. The van der Waals surface area contributed by atoms with Gasteiger partial charge in [-0.3, -0.25) is 4.79 Å². The van der Waals surface area contributed by atoms with E-state index in [1.54, 1.807) is 0 Å². The maximum Gasteiger partial charge on any atom is 0.196 e. The summed E-state index contributed by atoms with van der Waals surface area (Å²) in [6.45, 7) is 2.17. The van der Waals surface area contributed by atoms with Gasteiger partial charge in [-0.1, -0.05) is 67.2 Å². The zero-order valence-electron chi connectivity index (χ0n) is 10.3. The second-order valence-corrected chi connectivity index (χ2v) is 7.90. The van der Waals surface area contributed by atoms with Crippen molar-refractivity contribution in [3.8, 4) is 11.5 Å². The smallest absolute Gasteiger partial charge is 0.196 e. The molecule has 0 spiro atoms.